The van der Waals surface area contributed by atoms with Gasteiger partial charge in [-0.05, 0) is 15.9 Å². The van der Waals surface area contributed by atoms with Crippen LogP contribution in [0.5, 0.6) is 0 Å². The van der Waals surface area contributed by atoms with Gasteiger partial charge in [0, 0.05) is 0 Å². The van der Waals surface area contributed by atoms with Gasteiger partial charge in [-0.3, -0.25) is 4.57 Å². The zero-order chi connectivity index (χ0) is 14.4. The van der Waals surface area contributed by atoms with Gasteiger partial charge < -0.3 is 25.8 Å². The molecule has 20 heavy (non-hydrogen) atoms. The first-order chi connectivity index (χ1) is 9.54. The van der Waals surface area contributed by atoms with Crippen LogP contribution in [-0.2, 0) is 4.74 Å². The molecule has 0 unspecified atom stereocenters. The van der Waals surface area contributed by atoms with E-state index in [0.717, 1.165) is 0 Å². The summed E-state index contributed by atoms with van der Waals surface area (Å²) in [6, 6.07) is 0. The van der Waals surface area contributed by atoms with Crippen molar-refractivity contribution in [3.8, 4) is 0 Å². The minimum Gasteiger partial charge on any atom is -0.394 e. The standard InChI is InChI=1S/C10H12BrN5O4/c11-10-15-4-7(12)13-2-14-8(4)16(10)9-6(19)5(18)3(1-17)20-9/h2-3,5-6,9,17-19H,1H2,(H2,12,13,14)/t3-,5-,6-,9+/m0/s1. The highest BCUT2D eigenvalue weighted by Crippen LogP contribution is 2.34. The smallest absolute Gasteiger partial charge is 0.181 e. The Morgan fingerprint density at radius 1 is 1.35 bits per heavy atom. The fourth-order valence-corrected chi connectivity index (χ4v) is 2.77. The van der Waals surface area contributed by atoms with Crippen LogP contribution in [0.2, 0.25) is 0 Å². The predicted octanol–water partition coefficient (Wildman–Crippen LogP) is -1.22. The Labute approximate surface area is 121 Å². The molecule has 1 aliphatic rings. The van der Waals surface area contributed by atoms with E-state index in [0.29, 0.717) is 15.9 Å². The Bertz CT molecular complexity index is 650. The molecule has 5 N–H and O–H groups in total. The molecule has 1 saturated heterocycles. The average Bonchev–Trinajstić information content (AvgIpc) is 2.90. The molecule has 0 saturated carbocycles. The Morgan fingerprint density at radius 3 is 2.75 bits per heavy atom. The lowest BCUT2D eigenvalue weighted by Crippen LogP contribution is -2.33. The lowest BCUT2D eigenvalue weighted by atomic mass is 10.1. The molecule has 0 amide bonds. The van der Waals surface area contributed by atoms with Crippen LogP contribution in [0, 0.1) is 0 Å². The Balaban J connectivity index is 2.11. The topological polar surface area (TPSA) is 140 Å². The van der Waals surface area contributed by atoms with Gasteiger partial charge in [0.1, 0.15) is 24.6 Å². The number of imidazole rings is 1. The summed E-state index contributed by atoms with van der Waals surface area (Å²) >= 11 is 3.24. The van der Waals surface area contributed by atoms with Crippen molar-refractivity contribution in [1.29, 1.82) is 0 Å². The number of ether oxygens (including phenoxy) is 1. The van der Waals surface area contributed by atoms with Crippen LogP contribution in [0.3, 0.4) is 0 Å². The van der Waals surface area contributed by atoms with E-state index in [1.165, 1.54) is 10.9 Å². The second kappa shape index (κ2) is 4.90. The van der Waals surface area contributed by atoms with E-state index >= 15 is 0 Å². The Kier molecular flexibility index (Phi) is 3.34. The van der Waals surface area contributed by atoms with Gasteiger partial charge in [-0.1, -0.05) is 0 Å². The van der Waals surface area contributed by atoms with Crippen molar-refractivity contribution in [1.82, 2.24) is 19.5 Å². The molecule has 2 aromatic heterocycles. The van der Waals surface area contributed by atoms with Gasteiger partial charge in [0.2, 0.25) is 0 Å². The highest BCUT2D eigenvalue weighted by atomic mass is 79.9. The number of aliphatic hydroxyl groups is 3. The van der Waals surface area contributed by atoms with Crippen LogP contribution in [0.15, 0.2) is 11.1 Å². The number of anilines is 1. The summed E-state index contributed by atoms with van der Waals surface area (Å²) in [6.45, 7) is -0.407. The van der Waals surface area contributed by atoms with Gasteiger partial charge in [-0.15, -0.1) is 0 Å². The third-order valence-electron chi connectivity index (χ3n) is 3.23. The molecule has 0 aromatic carbocycles. The number of nitrogens with zero attached hydrogens (tertiary/aromatic N) is 4. The van der Waals surface area contributed by atoms with E-state index in [-0.39, 0.29) is 5.82 Å². The fourth-order valence-electron chi connectivity index (χ4n) is 2.22. The first kappa shape index (κ1) is 13.6. The second-order valence-electron chi connectivity index (χ2n) is 4.41. The number of aromatic nitrogens is 4. The number of aliphatic hydroxyl groups excluding tert-OH is 3. The van der Waals surface area contributed by atoms with E-state index in [4.69, 9.17) is 15.6 Å². The summed E-state index contributed by atoms with van der Waals surface area (Å²) in [4.78, 5) is 12.1. The van der Waals surface area contributed by atoms with Crippen LogP contribution in [-0.4, -0.2) is 59.8 Å². The first-order valence-corrected chi connectivity index (χ1v) is 6.60. The van der Waals surface area contributed by atoms with Crippen molar-refractivity contribution >= 4 is 32.9 Å². The maximum absolute atomic E-state index is 10.1. The molecular formula is C10H12BrN5O4. The van der Waals surface area contributed by atoms with Crippen molar-refractivity contribution in [2.45, 2.75) is 24.5 Å². The molecule has 10 heteroatoms. The van der Waals surface area contributed by atoms with E-state index in [9.17, 15) is 10.2 Å². The van der Waals surface area contributed by atoms with Crippen LogP contribution >= 0.6 is 15.9 Å². The van der Waals surface area contributed by atoms with Crippen molar-refractivity contribution in [3.63, 3.8) is 0 Å². The summed E-state index contributed by atoms with van der Waals surface area (Å²) in [7, 11) is 0. The molecule has 0 radical (unpaired) electrons. The summed E-state index contributed by atoms with van der Waals surface area (Å²) in [5, 5.41) is 29.0. The minimum atomic E-state index is -1.22. The highest BCUT2D eigenvalue weighted by Gasteiger charge is 2.44. The number of nitrogens with two attached hydrogens (primary N) is 1. The molecular weight excluding hydrogens is 334 g/mol. The molecule has 0 bridgehead atoms. The van der Waals surface area contributed by atoms with Gasteiger partial charge >= 0.3 is 0 Å². The van der Waals surface area contributed by atoms with E-state index < -0.39 is 31.1 Å². The SMILES string of the molecule is Nc1ncnc2c1nc(Br)n2[C@@H]1O[C@@H](CO)[C@H](O)[C@@H]1O. The van der Waals surface area contributed by atoms with E-state index in [1.54, 1.807) is 0 Å². The molecule has 2 aromatic rings. The third kappa shape index (κ3) is 1.88. The number of nitrogen functional groups attached to an aromatic ring is 1. The van der Waals surface area contributed by atoms with Crippen LogP contribution in [0.1, 0.15) is 6.23 Å². The third-order valence-corrected chi connectivity index (χ3v) is 3.79. The fraction of sp³-hybridized carbons (Fsp3) is 0.500. The minimum absolute atomic E-state index is 0.196. The molecule has 1 fully saturated rings. The second-order valence-corrected chi connectivity index (χ2v) is 5.12. The molecule has 3 rings (SSSR count). The van der Waals surface area contributed by atoms with E-state index in [1.807, 2.05) is 0 Å². The van der Waals surface area contributed by atoms with Gasteiger partial charge in [-0.25, -0.2) is 15.0 Å². The number of hydrogen-bond donors (Lipinski definition) is 4. The zero-order valence-electron chi connectivity index (χ0n) is 10.1. The maximum atomic E-state index is 10.1. The summed E-state index contributed by atoms with van der Waals surface area (Å²) < 4.78 is 7.23. The quantitative estimate of drug-likeness (QED) is 0.496. The summed E-state index contributed by atoms with van der Waals surface area (Å²) in [6.07, 6.45) is -2.97. The van der Waals surface area contributed by atoms with Crippen LogP contribution < -0.4 is 5.73 Å². The maximum Gasteiger partial charge on any atom is 0.181 e. The highest BCUT2D eigenvalue weighted by molar-refractivity contribution is 9.10. The predicted molar refractivity (Wildman–Crippen MR) is 70.4 cm³/mol. The number of hydrogen-bond acceptors (Lipinski definition) is 8. The van der Waals surface area contributed by atoms with Crippen molar-refractivity contribution in [2.24, 2.45) is 0 Å². The average molecular weight is 346 g/mol. The molecule has 0 aliphatic carbocycles. The lowest BCUT2D eigenvalue weighted by Gasteiger charge is -2.17. The largest absolute Gasteiger partial charge is 0.394 e. The van der Waals surface area contributed by atoms with Crippen molar-refractivity contribution < 1.29 is 20.1 Å². The Morgan fingerprint density at radius 2 is 2.10 bits per heavy atom. The van der Waals surface area contributed by atoms with Crippen molar-refractivity contribution in [3.05, 3.63) is 11.1 Å². The van der Waals surface area contributed by atoms with Gasteiger partial charge in [0.15, 0.2) is 27.9 Å². The number of fused-ring (bicyclic) bond motifs is 1. The number of halogens is 1. The van der Waals surface area contributed by atoms with Crippen molar-refractivity contribution in [2.75, 3.05) is 12.3 Å². The normalized spacial score (nSPS) is 30.2. The number of rotatable bonds is 2. The van der Waals surface area contributed by atoms with Gasteiger partial charge in [0.25, 0.3) is 0 Å². The zero-order valence-corrected chi connectivity index (χ0v) is 11.7. The first-order valence-electron chi connectivity index (χ1n) is 5.81. The van der Waals surface area contributed by atoms with Gasteiger partial charge in [-0.2, -0.15) is 0 Å². The van der Waals surface area contributed by atoms with E-state index in [2.05, 4.69) is 30.9 Å². The Hall–Kier alpha value is -1.33. The van der Waals surface area contributed by atoms with Gasteiger partial charge in [0.05, 0.1) is 6.61 Å². The molecule has 1 aliphatic heterocycles. The monoisotopic (exact) mass is 345 g/mol. The molecule has 3 heterocycles. The molecule has 4 atom stereocenters. The van der Waals surface area contributed by atoms with Crippen LogP contribution in [0.4, 0.5) is 5.82 Å². The molecule has 108 valence electrons. The molecule has 0 spiro atoms. The summed E-state index contributed by atoms with van der Waals surface area (Å²) in [5.74, 6) is 0.196. The summed E-state index contributed by atoms with van der Waals surface area (Å²) in [5.41, 5.74) is 6.43. The molecule has 9 nitrogen and oxygen atoms in total. The van der Waals surface area contributed by atoms with Crippen LogP contribution in [0.25, 0.3) is 11.2 Å². The lowest BCUT2D eigenvalue weighted by molar-refractivity contribution is -0.0521.